The summed E-state index contributed by atoms with van der Waals surface area (Å²) in [4.78, 5) is 16.7. The van der Waals surface area contributed by atoms with E-state index >= 15 is 0 Å². The first-order valence-electron chi connectivity index (χ1n) is 11.0. The van der Waals surface area contributed by atoms with Crippen LogP contribution >= 0.6 is 0 Å². The molecule has 0 bridgehead atoms. The van der Waals surface area contributed by atoms with E-state index in [9.17, 15) is 4.39 Å². The zero-order valence-corrected chi connectivity index (χ0v) is 18.8. The fraction of sp³-hybridized carbons (Fsp3) is 0.192. The molecule has 0 saturated heterocycles. The van der Waals surface area contributed by atoms with Crippen LogP contribution in [0.2, 0.25) is 0 Å². The van der Waals surface area contributed by atoms with E-state index < -0.39 is 0 Å². The number of H-pyrrole nitrogens is 1. The number of aromatic amines is 1. The van der Waals surface area contributed by atoms with E-state index in [0.717, 1.165) is 51.0 Å². The monoisotopic (exact) mass is 440 g/mol. The van der Waals surface area contributed by atoms with Crippen LogP contribution in [0.15, 0.2) is 54.7 Å². The van der Waals surface area contributed by atoms with Crippen molar-refractivity contribution in [1.82, 2.24) is 19.9 Å². The fourth-order valence-corrected chi connectivity index (χ4v) is 4.34. The highest BCUT2D eigenvalue weighted by Crippen LogP contribution is 2.28. The minimum atomic E-state index is -0.219. The van der Waals surface area contributed by atoms with E-state index in [1.807, 2.05) is 63.2 Å². The Hall–Kier alpha value is -4.00. The molecule has 0 radical (unpaired) electrons. The second kappa shape index (κ2) is 8.50. The Balaban J connectivity index is 1.35. The predicted molar refractivity (Wildman–Crippen MR) is 132 cm³/mol. The van der Waals surface area contributed by atoms with E-state index in [1.54, 1.807) is 6.20 Å². The molecule has 33 heavy (non-hydrogen) atoms. The molecule has 0 saturated carbocycles. The van der Waals surface area contributed by atoms with Crippen molar-refractivity contribution < 1.29 is 4.39 Å². The molecule has 0 fully saturated rings. The molecule has 5 aromatic rings. The lowest BCUT2D eigenvalue weighted by atomic mass is 10.0. The number of benzene rings is 2. The largest absolute Gasteiger partial charge is 0.370 e. The Morgan fingerprint density at radius 3 is 2.70 bits per heavy atom. The quantitative estimate of drug-likeness (QED) is 0.303. The molecule has 0 amide bonds. The first kappa shape index (κ1) is 20.9. The molecule has 3 N–H and O–H groups in total. The van der Waals surface area contributed by atoms with Crippen molar-refractivity contribution in [3.05, 3.63) is 83.2 Å². The average Bonchev–Trinajstić information content (AvgIpc) is 3.14. The van der Waals surface area contributed by atoms with Crippen LogP contribution in [0, 0.1) is 26.6 Å². The number of nitrogens with zero attached hydrogens (tertiary/aromatic N) is 3. The summed E-state index contributed by atoms with van der Waals surface area (Å²) in [7, 11) is 0. The Kier molecular flexibility index (Phi) is 5.38. The van der Waals surface area contributed by atoms with Crippen LogP contribution in [0.3, 0.4) is 0 Å². The van der Waals surface area contributed by atoms with Gasteiger partial charge in [0.25, 0.3) is 0 Å². The molecule has 0 unspecified atom stereocenters. The van der Waals surface area contributed by atoms with Gasteiger partial charge in [-0.25, -0.2) is 14.4 Å². The number of rotatable bonds is 6. The van der Waals surface area contributed by atoms with Crippen molar-refractivity contribution in [2.45, 2.75) is 27.2 Å². The average molecular weight is 441 g/mol. The molecule has 0 atom stereocenters. The van der Waals surface area contributed by atoms with E-state index in [2.05, 4.69) is 30.6 Å². The molecule has 0 aliphatic carbocycles. The summed E-state index contributed by atoms with van der Waals surface area (Å²) in [5, 5.41) is 8.81. The Labute approximate surface area is 191 Å². The van der Waals surface area contributed by atoms with Gasteiger partial charge in [-0.05, 0) is 68.7 Å². The number of anilines is 3. The normalized spacial score (nSPS) is 11.3. The first-order valence-corrected chi connectivity index (χ1v) is 11.0. The number of aromatic nitrogens is 4. The van der Waals surface area contributed by atoms with Gasteiger partial charge in [0.2, 0.25) is 0 Å². The van der Waals surface area contributed by atoms with E-state index in [0.29, 0.717) is 23.7 Å². The van der Waals surface area contributed by atoms with Crippen LogP contribution in [0.4, 0.5) is 21.7 Å². The minimum Gasteiger partial charge on any atom is -0.370 e. The van der Waals surface area contributed by atoms with Gasteiger partial charge in [-0.1, -0.05) is 12.1 Å². The van der Waals surface area contributed by atoms with Crippen molar-refractivity contribution in [2.75, 3.05) is 17.2 Å². The number of aryl methyl sites for hydroxylation is 3. The van der Waals surface area contributed by atoms with Gasteiger partial charge in [0.05, 0.1) is 11.0 Å². The summed E-state index contributed by atoms with van der Waals surface area (Å²) >= 11 is 0. The molecular formula is C26H25FN6. The number of halogens is 1. The maximum atomic E-state index is 14.2. The van der Waals surface area contributed by atoms with Gasteiger partial charge in [0.15, 0.2) is 0 Å². The van der Waals surface area contributed by atoms with Gasteiger partial charge in [-0.3, -0.25) is 4.98 Å². The number of pyridine rings is 1. The molecule has 3 aromatic heterocycles. The highest BCUT2D eigenvalue weighted by Gasteiger charge is 2.14. The summed E-state index contributed by atoms with van der Waals surface area (Å²) in [6.07, 6.45) is 2.53. The number of hydrogen-bond donors (Lipinski definition) is 3. The van der Waals surface area contributed by atoms with Crippen molar-refractivity contribution in [3.63, 3.8) is 0 Å². The van der Waals surface area contributed by atoms with Crippen molar-refractivity contribution >= 4 is 39.1 Å². The maximum absolute atomic E-state index is 14.2. The first-order chi connectivity index (χ1) is 16.0. The molecule has 166 valence electrons. The summed E-state index contributed by atoms with van der Waals surface area (Å²) in [6, 6.07) is 15.2. The van der Waals surface area contributed by atoms with Crippen LogP contribution in [-0.4, -0.2) is 26.5 Å². The lowest BCUT2D eigenvalue weighted by Gasteiger charge is -2.12. The second-order valence-electron chi connectivity index (χ2n) is 8.21. The predicted octanol–water partition coefficient (Wildman–Crippen LogP) is 5.97. The standard InChI is InChI=1S/C26H25FN6/c1-15-9-10-20(27)26-25(15)18(16(2)30-26)11-13-29-23-14-24(32-17(3)31-23)33-22-8-4-7-21-19(22)6-5-12-28-21/h4-10,12,14,30H,11,13H2,1-3H3,(H2,29,31,32,33). The van der Waals surface area contributed by atoms with Crippen LogP contribution in [0.5, 0.6) is 0 Å². The molecule has 3 heterocycles. The third kappa shape index (κ3) is 4.09. The maximum Gasteiger partial charge on any atom is 0.147 e. The highest BCUT2D eigenvalue weighted by atomic mass is 19.1. The second-order valence-corrected chi connectivity index (χ2v) is 8.21. The third-order valence-corrected chi connectivity index (χ3v) is 5.86. The zero-order valence-electron chi connectivity index (χ0n) is 18.8. The molecule has 6 nitrogen and oxygen atoms in total. The van der Waals surface area contributed by atoms with Crippen molar-refractivity contribution in [3.8, 4) is 0 Å². The van der Waals surface area contributed by atoms with Gasteiger partial charge in [-0.2, -0.15) is 0 Å². The summed E-state index contributed by atoms with van der Waals surface area (Å²) in [5.74, 6) is 1.90. The van der Waals surface area contributed by atoms with Crippen molar-refractivity contribution in [1.29, 1.82) is 0 Å². The highest BCUT2D eigenvalue weighted by molar-refractivity contribution is 5.92. The third-order valence-electron chi connectivity index (χ3n) is 5.86. The zero-order chi connectivity index (χ0) is 22.9. The fourth-order valence-electron chi connectivity index (χ4n) is 4.34. The molecule has 7 heteroatoms. The van der Waals surface area contributed by atoms with Gasteiger partial charge in [-0.15, -0.1) is 0 Å². The molecule has 2 aromatic carbocycles. The van der Waals surface area contributed by atoms with E-state index in [-0.39, 0.29) is 5.82 Å². The number of hydrogen-bond acceptors (Lipinski definition) is 5. The van der Waals surface area contributed by atoms with Gasteiger partial charge < -0.3 is 15.6 Å². The van der Waals surface area contributed by atoms with E-state index in [4.69, 9.17) is 0 Å². The molecular weight excluding hydrogens is 415 g/mol. The number of fused-ring (bicyclic) bond motifs is 2. The Morgan fingerprint density at radius 2 is 1.82 bits per heavy atom. The van der Waals surface area contributed by atoms with Crippen LogP contribution in [0.1, 0.15) is 22.6 Å². The Bertz CT molecular complexity index is 1470. The number of nitrogens with one attached hydrogen (secondary N) is 3. The molecule has 5 rings (SSSR count). The molecule has 0 spiro atoms. The lowest BCUT2D eigenvalue weighted by Crippen LogP contribution is -2.09. The van der Waals surface area contributed by atoms with Crippen LogP contribution in [0.25, 0.3) is 21.8 Å². The topological polar surface area (TPSA) is 78.5 Å². The minimum absolute atomic E-state index is 0.219. The summed E-state index contributed by atoms with van der Waals surface area (Å²) < 4.78 is 14.2. The lowest BCUT2D eigenvalue weighted by molar-refractivity contribution is 0.637. The Morgan fingerprint density at radius 1 is 0.970 bits per heavy atom. The molecule has 0 aliphatic rings. The SMILES string of the molecule is Cc1nc(NCCc2c(C)[nH]c3c(F)ccc(C)c23)cc(Nc2cccc3ncccc23)n1. The van der Waals surface area contributed by atoms with Crippen LogP contribution < -0.4 is 10.6 Å². The molecule has 0 aliphatic heterocycles. The van der Waals surface area contributed by atoms with Gasteiger partial charge in [0.1, 0.15) is 23.3 Å². The van der Waals surface area contributed by atoms with Crippen LogP contribution in [-0.2, 0) is 6.42 Å². The smallest absolute Gasteiger partial charge is 0.147 e. The summed E-state index contributed by atoms with van der Waals surface area (Å²) in [5.41, 5.74) is 5.63. The summed E-state index contributed by atoms with van der Waals surface area (Å²) in [6.45, 7) is 6.54. The van der Waals surface area contributed by atoms with Gasteiger partial charge in [0, 0.05) is 41.0 Å². The van der Waals surface area contributed by atoms with Crippen molar-refractivity contribution in [2.24, 2.45) is 0 Å². The van der Waals surface area contributed by atoms with Gasteiger partial charge >= 0.3 is 0 Å². The van der Waals surface area contributed by atoms with E-state index in [1.165, 1.54) is 6.07 Å².